The van der Waals surface area contributed by atoms with Gasteiger partial charge in [0.2, 0.25) is 5.91 Å². The van der Waals surface area contributed by atoms with Crippen LogP contribution in [0.1, 0.15) is 29.9 Å². The molecule has 0 aliphatic carbocycles. The van der Waals surface area contributed by atoms with Crippen LogP contribution in [0.4, 0.5) is 0 Å². The van der Waals surface area contributed by atoms with Gasteiger partial charge in [0.1, 0.15) is 0 Å². The summed E-state index contributed by atoms with van der Waals surface area (Å²) in [5, 5.41) is 9.57. The lowest BCUT2D eigenvalue weighted by Crippen LogP contribution is -2.38. The van der Waals surface area contributed by atoms with Crippen molar-refractivity contribution in [2.45, 2.75) is 25.7 Å². The zero-order valence-corrected chi connectivity index (χ0v) is 13.6. The van der Waals surface area contributed by atoms with E-state index in [1.807, 2.05) is 31.2 Å². The fourth-order valence-electron chi connectivity index (χ4n) is 3.81. The molecule has 5 heteroatoms. The number of carbonyl (C=O) groups is 2. The highest BCUT2D eigenvalue weighted by atomic mass is 16.4. The lowest BCUT2D eigenvalue weighted by atomic mass is 9.86. The molecule has 0 radical (unpaired) electrons. The first kappa shape index (κ1) is 16.0. The van der Waals surface area contributed by atoms with Gasteiger partial charge < -0.3 is 10.0 Å². The predicted octanol–water partition coefficient (Wildman–Crippen LogP) is 1.72. The molecule has 5 nitrogen and oxygen atoms in total. The Balaban J connectivity index is 1.74. The minimum absolute atomic E-state index is 0.0641. The Labute approximate surface area is 136 Å². The zero-order valence-electron chi connectivity index (χ0n) is 13.6. The molecule has 2 heterocycles. The highest BCUT2D eigenvalue weighted by Crippen LogP contribution is 2.34. The molecule has 2 saturated heterocycles. The van der Waals surface area contributed by atoms with Crippen LogP contribution < -0.4 is 0 Å². The molecule has 0 bridgehead atoms. The van der Waals surface area contributed by atoms with E-state index in [0.29, 0.717) is 19.6 Å². The Bertz CT molecular complexity index is 596. The van der Waals surface area contributed by atoms with Crippen molar-refractivity contribution in [3.8, 4) is 0 Å². The number of rotatable bonds is 4. The highest BCUT2D eigenvalue weighted by molar-refractivity contribution is 5.81. The van der Waals surface area contributed by atoms with Gasteiger partial charge in [-0.2, -0.15) is 0 Å². The molecule has 2 aliphatic rings. The van der Waals surface area contributed by atoms with Gasteiger partial charge in [-0.25, -0.2) is 0 Å². The van der Waals surface area contributed by atoms with Gasteiger partial charge in [-0.15, -0.1) is 0 Å². The molecule has 1 amide bonds. The second-order valence-electron chi connectivity index (χ2n) is 6.69. The Kier molecular flexibility index (Phi) is 4.66. The van der Waals surface area contributed by atoms with Crippen molar-refractivity contribution in [3.63, 3.8) is 0 Å². The van der Waals surface area contributed by atoms with Crippen LogP contribution in [-0.2, 0) is 9.59 Å². The minimum Gasteiger partial charge on any atom is -0.481 e. The van der Waals surface area contributed by atoms with Crippen molar-refractivity contribution < 1.29 is 14.7 Å². The summed E-state index contributed by atoms with van der Waals surface area (Å²) >= 11 is 0. The minimum atomic E-state index is -0.810. The number of carboxylic acid groups (broad SMARTS) is 1. The van der Waals surface area contributed by atoms with Gasteiger partial charge in [-0.1, -0.05) is 24.3 Å². The monoisotopic (exact) mass is 316 g/mol. The number of carbonyl (C=O) groups excluding carboxylic acids is 1. The van der Waals surface area contributed by atoms with Crippen LogP contribution in [0, 0.1) is 12.8 Å². The quantitative estimate of drug-likeness (QED) is 0.919. The van der Waals surface area contributed by atoms with Gasteiger partial charge in [0, 0.05) is 19.0 Å². The van der Waals surface area contributed by atoms with Crippen LogP contribution in [0.25, 0.3) is 0 Å². The van der Waals surface area contributed by atoms with E-state index in [0.717, 1.165) is 37.1 Å². The summed E-state index contributed by atoms with van der Waals surface area (Å²) in [6, 6.07) is 7.89. The second kappa shape index (κ2) is 6.71. The summed E-state index contributed by atoms with van der Waals surface area (Å²) in [6.45, 7) is 5.21. The number of nitrogens with zero attached hydrogens (tertiary/aromatic N) is 2. The number of amides is 1. The Morgan fingerprint density at radius 3 is 2.52 bits per heavy atom. The number of aryl methyl sites for hydroxylation is 1. The molecule has 23 heavy (non-hydrogen) atoms. The standard InChI is InChI=1S/C18H24N2O3/c1-13-6-2-3-7-14(13)15-10-20(11-16(15)18(22)23)17(21)12-19-8-4-5-9-19/h2-3,6-7,15-16H,4-5,8-12H2,1H3,(H,22,23)/t15-,16+/m0/s1. The third-order valence-corrected chi connectivity index (χ3v) is 5.14. The summed E-state index contributed by atoms with van der Waals surface area (Å²) in [6.07, 6.45) is 2.30. The molecular weight excluding hydrogens is 292 g/mol. The third kappa shape index (κ3) is 3.39. The fraction of sp³-hybridized carbons (Fsp3) is 0.556. The van der Waals surface area contributed by atoms with Crippen molar-refractivity contribution in [2.75, 3.05) is 32.7 Å². The topological polar surface area (TPSA) is 60.9 Å². The normalized spacial score (nSPS) is 25.0. The maximum Gasteiger partial charge on any atom is 0.308 e. The number of benzene rings is 1. The maximum absolute atomic E-state index is 12.5. The first-order chi connectivity index (χ1) is 11.1. The van der Waals surface area contributed by atoms with Gasteiger partial charge in [0.25, 0.3) is 0 Å². The van der Waals surface area contributed by atoms with Crippen molar-refractivity contribution in [1.82, 2.24) is 9.80 Å². The van der Waals surface area contributed by atoms with Gasteiger partial charge >= 0.3 is 5.97 Å². The smallest absolute Gasteiger partial charge is 0.308 e. The molecule has 0 saturated carbocycles. The van der Waals surface area contributed by atoms with Crippen molar-refractivity contribution >= 4 is 11.9 Å². The lowest BCUT2D eigenvalue weighted by molar-refractivity contribution is -0.141. The van der Waals surface area contributed by atoms with Crippen LogP contribution >= 0.6 is 0 Å². The van der Waals surface area contributed by atoms with Gasteiger partial charge in [-0.3, -0.25) is 14.5 Å². The molecule has 2 aliphatic heterocycles. The summed E-state index contributed by atoms with van der Waals surface area (Å²) in [5.41, 5.74) is 2.15. The Morgan fingerprint density at radius 1 is 1.17 bits per heavy atom. The van der Waals surface area contributed by atoms with Gasteiger partial charge in [-0.05, 0) is 44.0 Å². The average Bonchev–Trinajstić information content (AvgIpc) is 3.16. The van der Waals surface area contributed by atoms with E-state index in [2.05, 4.69) is 4.90 Å². The number of likely N-dealkylation sites (tertiary alicyclic amines) is 2. The molecule has 1 aromatic rings. The van der Waals surface area contributed by atoms with Crippen molar-refractivity contribution in [3.05, 3.63) is 35.4 Å². The highest BCUT2D eigenvalue weighted by Gasteiger charge is 2.41. The van der Waals surface area contributed by atoms with E-state index in [4.69, 9.17) is 0 Å². The van der Waals surface area contributed by atoms with E-state index in [9.17, 15) is 14.7 Å². The maximum atomic E-state index is 12.5. The average molecular weight is 316 g/mol. The lowest BCUT2D eigenvalue weighted by Gasteiger charge is -2.21. The first-order valence-electron chi connectivity index (χ1n) is 8.34. The van der Waals surface area contributed by atoms with E-state index in [1.165, 1.54) is 0 Å². The van der Waals surface area contributed by atoms with Crippen LogP contribution in [0.15, 0.2) is 24.3 Å². The SMILES string of the molecule is Cc1ccccc1[C@@H]1CN(C(=O)CN2CCCC2)C[C@H]1C(=O)O. The van der Waals surface area contributed by atoms with Gasteiger partial charge in [0.15, 0.2) is 0 Å². The number of aliphatic carboxylic acids is 1. The molecular formula is C18H24N2O3. The molecule has 0 spiro atoms. The predicted molar refractivity (Wildman–Crippen MR) is 87.3 cm³/mol. The largest absolute Gasteiger partial charge is 0.481 e. The Morgan fingerprint density at radius 2 is 1.87 bits per heavy atom. The van der Waals surface area contributed by atoms with Crippen LogP contribution in [0.2, 0.25) is 0 Å². The van der Waals surface area contributed by atoms with Crippen LogP contribution in [0.3, 0.4) is 0 Å². The van der Waals surface area contributed by atoms with Gasteiger partial charge in [0.05, 0.1) is 12.5 Å². The van der Waals surface area contributed by atoms with Crippen molar-refractivity contribution in [1.29, 1.82) is 0 Å². The summed E-state index contributed by atoms with van der Waals surface area (Å²) in [5.74, 6) is -1.38. The van der Waals surface area contributed by atoms with Crippen LogP contribution in [0.5, 0.6) is 0 Å². The molecule has 3 rings (SSSR count). The number of carboxylic acids is 1. The molecule has 0 unspecified atom stereocenters. The first-order valence-corrected chi connectivity index (χ1v) is 8.34. The Hall–Kier alpha value is -1.88. The fourth-order valence-corrected chi connectivity index (χ4v) is 3.81. The zero-order chi connectivity index (χ0) is 16.4. The summed E-state index contributed by atoms with van der Waals surface area (Å²) in [4.78, 5) is 28.1. The van der Waals surface area contributed by atoms with Crippen molar-refractivity contribution in [2.24, 2.45) is 5.92 Å². The van der Waals surface area contributed by atoms with Crippen LogP contribution in [-0.4, -0.2) is 59.5 Å². The molecule has 1 N–H and O–H groups in total. The van der Waals surface area contributed by atoms with E-state index >= 15 is 0 Å². The molecule has 2 atom stereocenters. The van der Waals surface area contributed by atoms with E-state index < -0.39 is 11.9 Å². The number of hydrogen-bond donors (Lipinski definition) is 1. The second-order valence-corrected chi connectivity index (χ2v) is 6.69. The summed E-state index contributed by atoms with van der Waals surface area (Å²) < 4.78 is 0. The van der Waals surface area contributed by atoms with E-state index in [-0.39, 0.29) is 11.8 Å². The summed E-state index contributed by atoms with van der Waals surface area (Å²) in [7, 11) is 0. The molecule has 2 fully saturated rings. The number of hydrogen-bond acceptors (Lipinski definition) is 3. The molecule has 124 valence electrons. The third-order valence-electron chi connectivity index (χ3n) is 5.14. The molecule has 1 aromatic carbocycles. The molecule has 0 aromatic heterocycles. The van der Waals surface area contributed by atoms with E-state index in [1.54, 1.807) is 4.90 Å².